The Morgan fingerprint density at radius 2 is 2.15 bits per heavy atom. The van der Waals surface area contributed by atoms with Crippen molar-refractivity contribution in [3.8, 4) is 5.75 Å². The Balaban J connectivity index is 1.98. The maximum Gasteiger partial charge on any atom is 0.176 e. The van der Waals surface area contributed by atoms with Gasteiger partial charge in [0.25, 0.3) is 0 Å². The van der Waals surface area contributed by atoms with E-state index in [0.717, 1.165) is 48.3 Å². The largest absolute Gasteiger partial charge is 0.493 e. The van der Waals surface area contributed by atoms with Gasteiger partial charge in [0.05, 0.1) is 13.2 Å². The summed E-state index contributed by atoms with van der Waals surface area (Å²) in [5.74, 6) is 1.69. The molecule has 1 aromatic heterocycles. The molecule has 0 amide bonds. The number of methoxy groups -OCH3 is 1. The number of hydrogen-bond donors (Lipinski definition) is 2. The highest BCUT2D eigenvalue weighted by Gasteiger charge is 2.13. The lowest BCUT2D eigenvalue weighted by atomic mass is 10.2. The van der Waals surface area contributed by atoms with E-state index >= 15 is 0 Å². The Hall–Kier alpha value is -1.52. The fourth-order valence-corrected chi connectivity index (χ4v) is 2.26. The molecular formula is C16H23NO3. The van der Waals surface area contributed by atoms with Crippen LogP contribution in [0.4, 0.5) is 0 Å². The Kier molecular flexibility index (Phi) is 5.44. The number of aliphatic hydroxyl groups is 1. The molecule has 1 unspecified atom stereocenters. The highest BCUT2D eigenvalue weighted by Crippen LogP contribution is 2.30. The van der Waals surface area contributed by atoms with Crippen LogP contribution in [0.25, 0.3) is 11.0 Å². The van der Waals surface area contributed by atoms with Crippen LogP contribution in [-0.4, -0.2) is 25.4 Å². The number of benzene rings is 1. The summed E-state index contributed by atoms with van der Waals surface area (Å²) in [5.41, 5.74) is 0.805. The number of nitrogens with one attached hydrogen (secondary N) is 1. The average Bonchev–Trinajstić information content (AvgIpc) is 2.90. The summed E-state index contributed by atoms with van der Waals surface area (Å²) in [5, 5.41) is 13.2. The van der Waals surface area contributed by atoms with Gasteiger partial charge in [0.2, 0.25) is 0 Å². The number of para-hydroxylation sites is 1. The minimum Gasteiger partial charge on any atom is -0.493 e. The summed E-state index contributed by atoms with van der Waals surface area (Å²) in [6, 6.07) is 8.12. The van der Waals surface area contributed by atoms with Crippen molar-refractivity contribution < 1.29 is 14.3 Å². The summed E-state index contributed by atoms with van der Waals surface area (Å²) in [6.07, 6.45) is 2.98. The standard InChI is InChI=1S/C16H23NO3/c1-12(17-9-4-3-5-10-18)15-11-13-7-6-8-14(19-2)16(13)20-15/h6-8,11-12,17-18H,3-5,9-10H2,1-2H3. The van der Waals surface area contributed by atoms with E-state index in [0.29, 0.717) is 0 Å². The second kappa shape index (κ2) is 7.31. The van der Waals surface area contributed by atoms with E-state index in [1.165, 1.54) is 0 Å². The van der Waals surface area contributed by atoms with Gasteiger partial charge in [0.1, 0.15) is 5.76 Å². The molecule has 2 aromatic rings. The first-order valence-corrected chi connectivity index (χ1v) is 7.17. The van der Waals surface area contributed by atoms with Crippen LogP contribution in [-0.2, 0) is 0 Å². The minimum absolute atomic E-state index is 0.168. The molecule has 110 valence electrons. The van der Waals surface area contributed by atoms with Gasteiger partial charge in [-0.3, -0.25) is 0 Å². The number of hydrogen-bond acceptors (Lipinski definition) is 4. The van der Waals surface area contributed by atoms with E-state index < -0.39 is 0 Å². The predicted octanol–water partition coefficient (Wildman–Crippen LogP) is 3.25. The Bertz CT molecular complexity index is 536. The van der Waals surface area contributed by atoms with E-state index in [-0.39, 0.29) is 12.6 Å². The van der Waals surface area contributed by atoms with E-state index in [4.69, 9.17) is 14.3 Å². The Morgan fingerprint density at radius 1 is 1.30 bits per heavy atom. The normalized spacial score (nSPS) is 12.8. The van der Waals surface area contributed by atoms with Crippen molar-refractivity contribution in [3.63, 3.8) is 0 Å². The first-order chi connectivity index (χ1) is 9.76. The first kappa shape index (κ1) is 14.9. The maximum atomic E-state index is 8.74. The van der Waals surface area contributed by atoms with Crippen molar-refractivity contribution in [2.75, 3.05) is 20.3 Å². The number of fused-ring (bicyclic) bond motifs is 1. The lowest BCUT2D eigenvalue weighted by Gasteiger charge is -2.10. The lowest BCUT2D eigenvalue weighted by molar-refractivity contribution is 0.282. The molecule has 0 aliphatic carbocycles. The van der Waals surface area contributed by atoms with Crippen LogP contribution in [0.1, 0.15) is 38.0 Å². The van der Waals surface area contributed by atoms with Crippen molar-refractivity contribution in [3.05, 3.63) is 30.0 Å². The van der Waals surface area contributed by atoms with Crippen molar-refractivity contribution >= 4 is 11.0 Å². The van der Waals surface area contributed by atoms with Gasteiger partial charge in [-0.15, -0.1) is 0 Å². The number of unbranched alkanes of at least 4 members (excludes halogenated alkanes) is 2. The molecule has 0 fully saturated rings. The van der Waals surface area contributed by atoms with Crippen LogP contribution in [0.15, 0.2) is 28.7 Å². The molecule has 20 heavy (non-hydrogen) atoms. The number of rotatable bonds is 8. The third-order valence-corrected chi connectivity index (χ3v) is 3.46. The van der Waals surface area contributed by atoms with Gasteiger partial charge in [-0.05, 0) is 44.9 Å². The fourth-order valence-electron chi connectivity index (χ4n) is 2.26. The molecule has 0 aliphatic rings. The van der Waals surface area contributed by atoms with Crippen LogP contribution >= 0.6 is 0 Å². The summed E-state index contributed by atoms with van der Waals surface area (Å²) in [6.45, 7) is 3.30. The van der Waals surface area contributed by atoms with Crippen molar-refractivity contribution in [1.29, 1.82) is 0 Å². The van der Waals surface area contributed by atoms with Crippen LogP contribution < -0.4 is 10.1 Å². The van der Waals surface area contributed by atoms with Crippen molar-refractivity contribution in [1.82, 2.24) is 5.32 Å². The topological polar surface area (TPSA) is 54.6 Å². The van der Waals surface area contributed by atoms with Crippen molar-refractivity contribution in [2.24, 2.45) is 0 Å². The van der Waals surface area contributed by atoms with Crippen LogP contribution in [0.5, 0.6) is 5.75 Å². The smallest absolute Gasteiger partial charge is 0.176 e. The zero-order valence-electron chi connectivity index (χ0n) is 12.2. The van der Waals surface area contributed by atoms with Gasteiger partial charge in [0, 0.05) is 12.0 Å². The Labute approximate surface area is 119 Å². The monoisotopic (exact) mass is 277 g/mol. The highest BCUT2D eigenvalue weighted by atomic mass is 16.5. The Morgan fingerprint density at radius 3 is 2.90 bits per heavy atom. The molecule has 0 aliphatic heterocycles. The molecule has 1 atom stereocenters. The molecular weight excluding hydrogens is 254 g/mol. The molecule has 0 saturated heterocycles. The van der Waals surface area contributed by atoms with Crippen LogP contribution in [0.2, 0.25) is 0 Å². The predicted molar refractivity (Wildman–Crippen MR) is 80.1 cm³/mol. The minimum atomic E-state index is 0.168. The second-order valence-corrected chi connectivity index (χ2v) is 4.99. The number of ether oxygens (including phenoxy) is 1. The molecule has 4 heteroatoms. The van der Waals surface area contributed by atoms with Crippen LogP contribution in [0, 0.1) is 0 Å². The van der Waals surface area contributed by atoms with E-state index in [1.54, 1.807) is 7.11 Å². The third kappa shape index (κ3) is 3.52. The SMILES string of the molecule is COc1cccc2cc(C(C)NCCCCCO)oc12. The molecule has 2 rings (SSSR count). The fraction of sp³-hybridized carbons (Fsp3) is 0.500. The second-order valence-electron chi connectivity index (χ2n) is 4.99. The molecule has 4 nitrogen and oxygen atoms in total. The molecule has 0 radical (unpaired) electrons. The lowest BCUT2D eigenvalue weighted by Crippen LogP contribution is -2.19. The van der Waals surface area contributed by atoms with E-state index in [2.05, 4.69) is 18.3 Å². The highest BCUT2D eigenvalue weighted by molar-refractivity contribution is 5.83. The van der Waals surface area contributed by atoms with Gasteiger partial charge in [0.15, 0.2) is 11.3 Å². The molecule has 0 spiro atoms. The number of aliphatic hydroxyl groups excluding tert-OH is 1. The summed E-state index contributed by atoms with van der Waals surface area (Å²) >= 11 is 0. The van der Waals surface area contributed by atoms with Gasteiger partial charge in [-0.2, -0.15) is 0 Å². The summed E-state index contributed by atoms with van der Waals surface area (Å²) in [7, 11) is 1.65. The van der Waals surface area contributed by atoms with E-state index in [9.17, 15) is 0 Å². The zero-order chi connectivity index (χ0) is 14.4. The molecule has 1 heterocycles. The molecule has 0 bridgehead atoms. The zero-order valence-corrected chi connectivity index (χ0v) is 12.2. The summed E-state index contributed by atoms with van der Waals surface area (Å²) < 4.78 is 11.2. The van der Waals surface area contributed by atoms with Crippen molar-refractivity contribution in [2.45, 2.75) is 32.2 Å². The molecule has 1 aromatic carbocycles. The quantitative estimate of drug-likeness (QED) is 0.727. The number of furan rings is 1. The average molecular weight is 277 g/mol. The van der Waals surface area contributed by atoms with Gasteiger partial charge < -0.3 is 19.6 Å². The molecule has 2 N–H and O–H groups in total. The molecule has 0 saturated carbocycles. The van der Waals surface area contributed by atoms with Crippen LogP contribution in [0.3, 0.4) is 0 Å². The van der Waals surface area contributed by atoms with Gasteiger partial charge >= 0.3 is 0 Å². The summed E-state index contributed by atoms with van der Waals surface area (Å²) in [4.78, 5) is 0. The third-order valence-electron chi connectivity index (χ3n) is 3.46. The first-order valence-electron chi connectivity index (χ1n) is 7.17. The van der Waals surface area contributed by atoms with Gasteiger partial charge in [-0.25, -0.2) is 0 Å². The van der Waals surface area contributed by atoms with Gasteiger partial charge in [-0.1, -0.05) is 12.1 Å². The maximum absolute atomic E-state index is 8.74. The van der Waals surface area contributed by atoms with E-state index in [1.807, 2.05) is 18.2 Å².